The summed E-state index contributed by atoms with van der Waals surface area (Å²) in [6.07, 6.45) is 0.924. The first kappa shape index (κ1) is 17.0. The Hall–Kier alpha value is -1.10. The first-order valence-electron chi connectivity index (χ1n) is 7.30. The maximum Gasteiger partial charge on any atom is 0.119 e. The molecular weight excluding hydrogens is 254 g/mol. The molecule has 4 heteroatoms. The monoisotopic (exact) mass is 281 g/mol. The van der Waals surface area contributed by atoms with Crippen molar-refractivity contribution in [1.82, 2.24) is 5.32 Å². The Morgan fingerprint density at radius 3 is 2.45 bits per heavy atom. The van der Waals surface area contributed by atoms with Gasteiger partial charge in [-0.25, -0.2) is 0 Å². The Morgan fingerprint density at radius 1 is 1.05 bits per heavy atom. The molecule has 0 aromatic heterocycles. The van der Waals surface area contributed by atoms with Gasteiger partial charge >= 0.3 is 0 Å². The van der Waals surface area contributed by atoms with Gasteiger partial charge in [-0.2, -0.15) is 0 Å². The van der Waals surface area contributed by atoms with Crippen molar-refractivity contribution in [2.75, 3.05) is 40.1 Å². The van der Waals surface area contributed by atoms with Gasteiger partial charge in [-0.3, -0.25) is 0 Å². The first-order valence-corrected chi connectivity index (χ1v) is 7.30. The van der Waals surface area contributed by atoms with Crippen molar-refractivity contribution in [3.8, 4) is 5.75 Å². The van der Waals surface area contributed by atoms with Crippen LogP contribution in [0, 0.1) is 0 Å². The zero-order valence-electron chi connectivity index (χ0n) is 12.9. The average Bonchev–Trinajstić information content (AvgIpc) is 2.47. The van der Waals surface area contributed by atoms with Gasteiger partial charge in [-0.1, -0.05) is 19.1 Å². The lowest BCUT2D eigenvalue weighted by molar-refractivity contribution is 0.0806. The van der Waals surface area contributed by atoms with Crippen LogP contribution in [0.15, 0.2) is 24.3 Å². The topological polar surface area (TPSA) is 39.7 Å². The van der Waals surface area contributed by atoms with Gasteiger partial charge in [0.15, 0.2) is 0 Å². The molecule has 0 saturated heterocycles. The van der Waals surface area contributed by atoms with Crippen LogP contribution in [-0.4, -0.2) is 40.1 Å². The van der Waals surface area contributed by atoms with E-state index in [-0.39, 0.29) is 0 Å². The second-order valence-electron chi connectivity index (χ2n) is 4.66. The fraction of sp³-hybridized carbons (Fsp3) is 0.625. The largest absolute Gasteiger partial charge is 0.491 e. The van der Waals surface area contributed by atoms with Gasteiger partial charge < -0.3 is 19.5 Å². The minimum atomic E-state index is 0.373. The van der Waals surface area contributed by atoms with Crippen LogP contribution in [0.25, 0.3) is 0 Å². The molecule has 0 fully saturated rings. The summed E-state index contributed by atoms with van der Waals surface area (Å²) in [5.41, 5.74) is 1.27. The highest BCUT2D eigenvalue weighted by atomic mass is 16.5. The summed E-state index contributed by atoms with van der Waals surface area (Å²) in [5, 5.41) is 3.39. The smallest absolute Gasteiger partial charge is 0.119 e. The normalized spacial score (nSPS) is 12.3. The number of nitrogens with one attached hydrogen (secondary N) is 1. The summed E-state index contributed by atoms with van der Waals surface area (Å²) in [4.78, 5) is 0. The molecular formula is C16H27NO3. The minimum Gasteiger partial charge on any atom is -0.491 e. The third-order valence-corrected chi connectivity index (χ3v) is 3.02. The molecule has 1 aromatic rings. The summed E-state index contributed by atoms with van der Waals surface area (Å²) in [6.45, 7) is 7.89. The van der Waals surface area contributed by atoms with E-state index in [1.54, 1.807) is 7.11 Å². The molecule has 1 unspecified atom stereocenters. The van der Waals surface area contributed by atoms with Gasteiger partial charge in [-0.05, 0) is 37.6 Å². The Bertz CT molecular complexity index is 340. The summed E-state index contributed by atoms with van der Waals surface area (Å²) < 4.78 is 16.0. The quantitative estimate of drug-likeness (QED) is 0.633. The van der Waals surface area contributed by atoms with Crippen molar-refractivity contribution in [3.05, 3.63) is 29.8 Å². The molecule has 20 heavy (non-hydrogen) atoms. The Kier molecular flexibility index (Phi) is 9.04. The molecule has 0 saturated carbocycles. The minimum absolute atomic E-state index is 0.373. The van der Waals surface area contributed by atoms with Crippen molar-refractivity contribution in [3.63, 3.8) is 0 Å². The number of rotatable bonds is 11. The summed E-state index contributed by atoms with van der Waals surface area (Å²) in [5.74, 6) is 0.887. The molecule has 0 heterocycles. The maximum atomic E-state index is 5.63. The zero-order valence-corrected chi connectivity index (χ0v) is 12.9. The molecule has 1 aromatic carbocycles. The lowest BCUT2D eigenvalue weighted by atomic mass is 10.1. The molecule has 4 nitrogen and oxygen atoms in total. The molecule has 0 aliphatic heterocycles. The van der Waals surface area contributed by atoms with Crippen LogP contribution in [0.4, 0.5) is 0 Å². The lowest BCUT2D eigenvalue weighted by Gasteiger charge is -2.13. The summed E-state index contributed by atoms with van der Waals surface area (Å²) >= 11 is 0. The van der Waals surface area contributed by atoms with E-state index in [1.165, 1.54) is 5.56 Å². The van der Waals surface area contributed by atoms with Gasteiger partial charge in [-0.15, -0.1) is 0 Å². The lowest BCUT2D eigenvalue weighted by Crippen LogP contribution is -2.17. The molecule has 114 valence electrons. The van der Waals surface area contributed by atoms with Crippen LogP contribution in [-0.2, 0) is 9.47 Å². The van der Waals surface area contributed by atoms with Crippen molar-refractivity contribution in [2.24, 2.45) is 0 Å². The standard InChI is InChI=1S/C16H27NO3/c1-4-17-14(2)15-6-8-16(9-7-15)20-13-12-19-11-5-10-18-3/h6-9,14,17H,4-5,10-13H2,1-3H3. The molecule has 1 N–H and O–H groups in total. The highest BCUT2D eigenvalue weighted by molar-refractivity contribution is 5.28. The Balaban J connectivity index is 2.18. The van der Waals surface area contributed by atoms with E-state index < -0.39 is 0 Å². The third-order valence-electron chi connectivity index (χ3n) is 3.02. The zero-order chi connectivity index (χ0) is 14.6. The SMILES string of the molecule is CCNC(C)c1ccc(OCCOCCCOC)cc1. The van der Waals surface area contributed by atoms with Crippen molar-refractivity contribution in [2.45, 2.75) is 26.3 Å². The average molecular weight is 281 g/mol. The number of methoxy groups -OCH3 is 1. The van der Waals surface area contributed by atoms with Gasteiger partial charge in [0.05, 0.1) is 6.61 Å². The van der Waals surface area contributed by atoms with E-state index in [4.69, 9.17) is 14.2 Å². The van der Waals surface area contributed by atoms with E-state index in [0.717, 1.165) is 31.9 Å². The van der Waals surface area contributed by atoms with Crippen LogP contribution >= 0.6 is 0 Å². The number of ether oxygens (including phenoxy) is 3. The van der Waals surface area contributed by atoms with Gasteiger partial charge in [0.1, 0.15) is 12.4 Å². The molecule has 0 bridgehead atoms. The van der Waals surface area contributed by atoms with E-state index in [0.29, 0.717) is 19.3 Å². The molecule has 0 radical (unpaired) electrons. The van der Waals surface area contributed by atoms with Crippen molar-refractivity contribution >= 4 is 0 Å². The molecule has 0 aliphatic rings. The predicted molar refractivity (Wildman–Crippen MR) is 81.3 cm³/mol. The third kappa shape index (κ3) is 6.89. The van der Waals surface area contributed by atoms with Crippen molar-refractivity contribution < 1.29 is 14.2 Å². The van der Waals surface area contributed by atoms with E-state index in [2.05, 4.69) is 31.3 Å². The number of benzene rings is 1. The van der Waals surface area contributed by atoms with E-state index in [1.807, 2.05) is 12.1 Å². The molecule has 0 spiro atoms. The van der Waals surface area contributed by atoms with Crippen molar-refractivity contribution in [1.29, 1.82) is 0 Å². The van der Waals surface area contributed by atoms with Crippen LogP contribution in [0.2, 0.25) is 0 Å². The van der Waals surface area contributed by atoms with Gasteiger partial charge in [0, 0.05) is 26.4 Å². The Morgan fingerprint density at radius 2 is 1.80 bits per heavy atom. The second-order valence-corrected chi connectivity index (χ2v) is 4.66. The fourth-order valence-electron chi connectivity index (χ4n) is 1.90. The molecule has 1 atom stereocenters. The maximum absolute atomic E-state index is 5.63. The molecule has 0 amide bonds. The van der Waals surface area contributed by atoms with Gasteiger partial charge in [0.2, 0.25) is 0 Å². The van der Waals surface area contributed by atoms with Gasteiger partial charge in [0.25, 0.3) is 0 Å². The van der Waals surface area contributed by atoms with E-state index in [9.17, 15) is 0 Å². The fourth-order valence-corrected chi connectivity index (χ4v) is 1.90. The molecule has 1 rings (SSSR count). The first-order chi connectivity index (χ1) is 9.77. The van der Waals surface area contributed by atoms with Crippen LogP contribution in [0.3, 0.4) is 0 Å². The van der Waals surface area contributed by atoms with Crippen LogP contribution < -0.4 is 10.1 Å². The molecule has 0 aliphatic carbocycles. The number of hydrogen-bond donors (Lipinski definition) is 1. The highest BCUT2D eigenvalue weighted by Crippen LogP contribution is 2.17. The van der Waals surface area contributed by atoms with Crippen LogP contribution in [0.5, 0.6) is 5.75 Å². The Labute approximate surface area is 122 Å². The predicted octanol–water partition coefficient (Wildman–Crippen LogP) is 2.79. The van der Waals surface area contributed by atoms with E-state index >= 15 is 0 Å². The highest BCUT2D eigenvalue weighted by Gasteiger charge is 2.03. The van der Waals surface area contributed by atoms with Crippen LogP contribution in [0.1, 0.15) is 31.9 Å². The summed E-state index contributed by atoms with van der Waals surface area (Å²) in [6, 6.07) is 8.59. The second kappa shape index (κ2) is 10.7. The number of hydrogen-bond acceptors (Lipinski definition) is 4. The summed E-state index contributed by atoms with van der Waals surface area (Å²) in [7, 11) is 1.70.